The lowest BCUT2D eigenvalue weighted by Gasteiger charge is -2.03. The van der Waals surface area contributed by atoms with E-state index in [4.69, 9.17) is 10.0 Å². The van der Waals surface area contributed by atoms with Crippen LogP contribution in [0.2, 0.25) is 0 Å². The number of aryl methyl sites for hydroxylation is 1. The van der Waals surface area contributed by atoms with Crippen LogP contribution in [0.5, 0.6) is 5.75 Å². The fraction of sp³-hybridized carbons (Fsp3) is 0.111. The summed E-state index contributed by atoms with van der Waals surface area (Å²) in [5.41, 5.74) is 0.187. The number of hydrogen-bond donors (Lipinski definition) is 3. The lowest BCUT2D eigenvalue weighted by Crippen LogP contribution is -2.30. The van der Waals surface area contributed by atoms with Crippen molar-refractivity contribution in [3.63, 3.8) is 0 Å². The predicted octanol–water partition coefficient (Wildman–Crippen LogP) is 0.595. The fourth-order valence-corrected chi connectivity index (χ4v) is 2.46. The van der Waals surface area contributed by atoms with E-state index in [2.05, 4.69) is 0 Å². The second-order valence-corrected chi connectivity index (χ2v) is 4.43. The number of rotatable bonds is 1. The lowest BCUT2D eigenvalue weighted by atomic mass is 9.77. The molecule has 0 unspecified atom stereocenters. The third-order valence-corrected chi connectivity index (χ3v) is 3.12. The Hall–Kier alpha value is -1.04. The quantitative estimate of drug-likeness (QED) is 0.601. The maximum atomic E-state index is 9.47. The van der Waals surface area contributed by atoms with Gasteiger partial charge in [0, 0.05) is 15.0 Å². The molecular formula is C9H9BO3S. The van der Waals surface area contributed by atoms with Crippen molar-refractivity contribution in [2.45, 2.75) is 6.92 Å². The van der Waals surface area contributed by atoms with Gasteiger partial charge in [0.05, 0.1) is 0 Å². The van der Waals surface area contributed by atoms with E-state index in [0.29, 0.717) is 5.39 Å². The van der Waals surface area contributed by atoms with Crippen LogP contribution in [0.1, 0.15) is 4.88 Å². The molecule has 0 spiro atoms. The molecule has 1 aromatic heterocycles. The average Bonchev–Trinajstić information content (AvgIpc) is 2.43. The minimum Gasteiger partial charge on any atom is -0.508 e. The minimum absolute atomic E-state index is 0.0784. The summed E-state index contributed by atoms with van der Waals surface area (Å²) in [5.74, 6) is -0.0784. The third kappa shape index (κ3) is 1.39. The molecule has 0 fully saturated rings. The number of hydrogen-bond acceptors (Lipinski definition) is 4. The number of benzene rings is 1. The van der Waals surface area contributed by atoms with Gasteiger partial charge in [-0.25, -0.2) is 0 Å². The maximum absolute atomic E-state index is 9.47. The zero-order valence-corrected chi connectivity index (χ0v) is 8.38. The highest BCUT2D eigenvalue weighted by Gasteiger charge is 2.20. The van der Waals surface area contributed by atoms with Crippen molar-refractivity contribution in [1.82, 2.24) is 0 Å². The van der Waals surface area contributed by atoms with Crippen molar-refractivity contribution in [2.75, 3.05) is 0 Å². The molecule has 2 rings (SSSR count). The molecule has 0 radical (unpaired) electrons. The van der Waals surface area contributed by atoms with Gasteiger partial charge in [0.15, 0.2) is 0 Å². The van der Waals surface area contributed by atoms with Gasteiger partial charge in [-0.3, -0.25) is 0 Å². The summed E-state index contributed by atoms with van der Waals surface area (Å²) >= 11 is 1.56. The van der Waals surface area contributed by atoms with Crippen LogP contribution in [0.4, 0.5) is 0 Å². The average molecular weight is 208 g/mol. The van der Waals surface area contributed by atoms with Crippen LogP contribution in [-0.4, -0.2) is 22.3 Å². The van der Waals surface area contributed by atoms with E-state index in [1.54, 1.807) is 17.4 Å². The van der Waals surface area contributed by atoms with Gasteiger partial charge in [0.2, 0.25) is 0 Å². The monoisotopic (exact) mass is 208 g/mol. The Morgan fingerprint density at radius 2 is 2.00 bits per heavy atom. The number of aromatic hydroxyl groups is 1. The molecule has 0 aliphatic carbocycles. The van der Waals surface area contributed by atoms with Crippen molar-refractivity contribution in [3.8, 4) is 5.75 Å². The topological polar surface area (TPSA) is 60.7 Å². The van der Waals surface area contributed by atoms with E-state index in [0.717, 1.165) is 9.58 Å². The van der Waals surface area contributed by atoms with E-state index in [9.17, 15) is 5.11 Å². The summed E-state index contributed by atoms with van der Waals surface area (Å²) in [7, 11) is -1.63. The first-order valence-corrected chi connectivity index (χ1v) is 4.99. The van der Waals surface area contributed by atoms with Gasteiger partial charge in [-0.15, -0.1) is 11.3 Å². The van der Waals surface area contributed by atoms with E-state index in [-0.39, 0.29) is 11.2 Å². The highest BCUT2D eigenvalue weighted by Crippen LogP contribution is 2.26. The zero-order valence-electron chi connectivity index (χ0n) is 7.56. The third-order valence-electron chi connectivity index (χ3n) is 2.10. The molecule has 2 aromatic rings. The maximum Gasteiger partial charge on any atom is 0.492 e. The molecule has 0 aliphatic heterocycles. The molecule has 0 bridgehead atoms. The van der Waals surface area contributed by atoms with Crippen molar-refractivity contribution >= 4 is 34.0 Å². The van der Waals surface area contributed by atoms with Crippen LogP contribution >= 0.6 is 11.3 Å². The Morgan fingerprint density at radius 1 is 1.29 bits per heavy atom. The predicted molar refractivity (Wildman–Crippen MR) is 58.1 cm³/mol. The summed E-state index contributed by atoms with van der Waals surface area (Å²) in [6, 6.07) is 5.09. The second kappa shape index (κ2) is 3.27. The van der Waals surface area contributed by atoms with Gasteiger partial charge in [-0.05, 0) is 30.5 Å². The molecule has 1 aromatic carbocycles. The molecule has 72 valence electrons. The van der Waals surface area contributed by atoms with Gasteiger partial charge < -0.3 is 15.2 Å². The van der Waals surface area contributed by atoms with Crippen molar-refractivity contribution < 1.29 is 15.2 Å². The van der Waals surface area contributed by atoms with Gasteiger partial charge in [0.1, 0.15) is 5.75 Å². The summed E-state index contributed by atoms with van der Waals surface area (Å²) in [6.07, 6.45) is 0. The van der Waals surface area contributed by atoms with Crippen LogP contribution in [0.15, 0.2) is 18.2 Å². The summed E-state index contributed by atoms with van der Waals surface area (Å²) < 4.78 is 0.948. The summed E-state index contributed by atoms with van der Waals surface area (Å²) in [4.78, 5) is 1.08. The van der Waals surface area contributed by atoms with Crippen molar-refractivity contribution in [2.24, 2.45) is 0 Å². The second-order valence-electron chi connectivity index (χ2n) is 3.14. The summed E-state index contributed by atoms with van der Waals surface area (Å²) in [6.45, 7) is 1.94. The Balaban J connectivity index is 2.82. The first-order chi connectivity index (χ1) is 6.59. The Kier molecular flexibility index (Phi) is 2.22. The Bertz CT molecular complexity index is 478. The molecule has 0 aliphatic rings. The smallest absolute Gasteiger partial charge is 0.492 e. The number of fused-ring (bicyclic) bond motifs is 1. The van der Waals surface area contributed by atoms with E-state index in [1.165, 1.54) is 6.07 Å². The largest absolute Gasteiger partial charge is 0.508 e. The van der Waals surface area contributed by atoms with E-state index < -0.39 is 7.12 Å². The zero-order chi connectivity index (χ0) is 10.3. The van der Waals surface area contributed by atoms with E-state index >= 15 is 0 Å². The van der Waals surface area contributed by atoms with Gasteiger partial charge in [0.25, 0.3) is 0 Å². The molecule has 3 N–H and O–H groups in total. The Morgan fingerprint density at radius 3 is 2.64 bits per heavy atom. The fourth-order valence-electron chi connectivity index (χ4n) is 1.52. The highest BCUT2D eigenvalue weighted by molar-refractivity contribution is 7.19. The molecule has 14 heavy (non-hydrogen) atoms. The highest BCUT2D eigenvalue weighted by atomic mass is 32.1. The number of phenols is 1. The molecule has 1 heterocycles. The van der Waals surface area contributed by atoms with Crippen LogP contribution in [0.3, 0.4) is 0 Å². The number of thiophene rings is 1. The first-order valence-electron chi connectivity index (χ1n) is 4.17. The molecule has 5 heteroatoms. The van der Waals surface area contributed by atoms with E-state index in [1.807, 2.05) is 13.0 Å². The van der Waals surface area contributed by atoms with Crippen LogP contribution < -0.4 is 5.46 Å². The number of phenolic OH excluding ortho intramolecular Hbond substituents is 1. The van der Waals surface area contributed by atoms with Crippen molar-refractivity contribution in [3.05, 3.63) is 23.1 Å². The van der Waals surface area contributed by atoms with Gasteiger partial charge in [-0.1, -0.05) is 0 Å². The van der Waals surface area contributed by atoms with Crippen LogP contribution in [-0.2, 0) is 0 Å². The standard InChI is InChI=1S/C9H9BO3S/c1-5-4-6-8(14-5)3-2-7(11)9(6)10(12)13/h2-4,11-13H,1H3. The van der Waals surface area contributed by atoms with Gasteiger partial charge >= 0.3 is 7.12 Å². The Labute approximate surface area is 85.4 Å². The van der Waals surface area contributed by atoms with Crippen LogP contribution in [0.25, 0.3) is 10.1 Å². The van der Waals surface area contributed by atoms with Crippen molar-refractivity contribution in [1.29, 1.82) is 0 Å². The van der Waals surface area contributed by atoms with Gasteiger partial charge in [-0.2, -0.15) is 0 Å². The molecule has 0 atom stereocenters. The lowest BCUT2D eigenvalue weighted by molar-refractivity contribution is 0.420. The molecule has 0 amide bonds. The normalized spacial score (nSPS) is 10.8. The molecule has 0 saturated carbocycles. The molecular weight excluding hydrogens is 199 g/mol. The molecule has 0 saturated heterocycles. The summed E-state index contributed by atoms with van der Waals surface area (Å²) in [5, 5.41) is 28.4. The minimum atomic E-state index is -1.63. The first kappa shape index (κ1) is 9.52. The van der Waals surface area contributed by atoms with Crippen LogP contribution in [0, 0.1) is 6.92 Å². The SMILES string of the molecule is Cc1cc2c(B(O)O)c(O)ccc2s1. The molecule has 3 nitrogen and oxygen atoms in total.